The molecule has 0 amide bonds. The molecule has 0 aromatic heterocycles. The number of azo groups is 4. The number of nitrogens with zero attached hydrogens (tertiary/aromatic N) is 10. The fourth-order valence-corrected chi connectivity index (χ4v) is 10.1. The van der Waals surface area contributed by atoms with Gasteiger partial charge in [0.05, 0.1) is 43.4 Å². The van der Waals surface area contributed by atoms with Gasteiger partial charge in [-0.3, -0.25) is 38.4 Å². The van der Waals surface area contributed by atoms with Crippen LogP contribution in [0.2, 0.25) is 0 Å². The van der Waals surface area contributed by atoms with Crippen LogP contribution in [0.1, 0.15) is 11.1 Å². The van der Waals surface area contributed by atoms with Crippen molar-refractivity contribution in [1.82, 2.24) is 0 Å². The zero-order chi connectivity index (χ0) is 58.2. The summed E-state index contributed by atoms with van der Waals surface area (Å²) in [5, 5.41) is 75.9. The molecule has 34 heteroatoms. The number of hydrogen-bond donors (Lipinski definition) is 8. The lowest BCUT2D eigenvalue weighted by molar-refractivity contribution is -0.385. The van der Waals surface area contributed by atoms with Gasteiger partial charge in [-0.1, -0.05) is 30.4 Å². The molecular formula is C46H32N12O18S4. The average molecular weight is 1170 g/mol. The maximum absolute atomic E-state index is 12.7. The molecule has 80 heavy (non-hydrogen) atoms. The number of nitrogen functional groups attached to an aromatic ring is 2. The number of non-ortho nitro benzene ring substituents is 2. The van der Waals surface area contributed by atoms with E-state index < -0.39 is 110 Å². The second kappa shape index (κ2) is 21.5. The molecule has 8 aromatic rings. The predicted molar refractivity (Wildman–Crippen MR) is 284 cm³/mol. The Kier molecular flexibility index (Phi) is 15.1. The van der Waals surface area contributed by atoms with E-state index in [9.17, 15) is 82.3 Å². The number of aromatic hydroxyl groups is 2. The first-order valence-electron chi connectivity index (χ1n) is 21.7. The summed E-state index contributed by atoms with van der Waals surface area (Å²) in [6.45, 7) is 0. The minimum Gasteiger partial charge on any atom is -0.505 e. The van der Waals surface area contributed by atoms with Crippen LogP contribution in [0.5, 0.6) is 11.5 Å². The number of nitro groups is 2. The number of phenols is 2. The van der Waals surface area contributed by atoms with E-state index in [4.69, 9.17) is 11.5 Å². The summed E-state index contributed by atoms with van der Waals surface area (Å²) in [5.41, 5.74) is 8.87. The lowest BCUT2D eigenvalue weighted by Crippen LogP contribution is -2.01. The lowest BCUT2D eigenvalue weighted by atomic mass is 10.0. The van der Waals surface area contributed by atoms with Crippen molar-refractivity contribution >= 4 is 142 Å². The molecule has 8 rings (SSSR count). The van der Waals surface area contributed by atoms with Gasteiger partial charge in [-0.2, -0.15) is 43.9 Å². The van der Waals surface area contributed by atoms with Crippen LogP contribution in [0, 0.1) is 20.2 Å². The van der Waals surface area contributed by atoms with Crippen molar-refractivity contribution in [3.05, 3.63) is 153 Å². The normalized spacial score (nSPS) is 12.8. The van der Waals surface area contributed by atoms with Crippen molar-refractivity contribution in [3.8, 4) is 11.5 Å². The molecule has 0 bridgehead atoms. The molecule has 0 spiro atoms. The molecule has 0 heterocycles. The highest BCUT2D eigenvalue weighted by Crippen LogP contribution is 2.47. The van der Waals surface area contributed by atoms with Crippen molar-refractivity contribution in [3.63, 3.8) is 0 Å². The van der Waals surface area contributed by atoms with Crippen molar-refractivity contribution in [2.45, 2.75) is 19.6 Å². The quantitative estimate of drug-likeness (QED) is 0.0111. The third kappa shape index (κ3) is 12.1. The highest BCUT2D eigenvalue weighted by atomic mass is 32.2. The number of hydrogen-bond acceptors (Lipinski definition) is 24. The number of anilines is 2. The molecule has 0 unspecified atom stereocenters. The summed E-state index contributed by atoms with van der Waals surface area (Å²) in [7, 11) is -20.4. The highest BCUT2D eigenvalue weighted by Gasteiger charge is 2.26. The smallest absolute Gasteiger partial charge is 0.297 e. The van der Waals surface area contributed by atoms with Gasteiger partial charge in [-0.05, 0) is 90.0 Å². The Labute approximate surface area is 448 Å². The van der Waals surface area contributed by atoms with E-state index in [0.29, 0.717) is 17.7 Å². The van der Waals surface area contributed by atoms with E-state index in [2.05, 4.69) is 40.9 Å². The van der Waals surface area contributed by atoms with Crippen LogP contribution in [0.15, 0.2) is 182 Å². The number of fused-ring (bicyclic) bond motifs is 2. The Morgan fingerprint density at radius 2 is 0.850 bits per heavy atom. The largest absolute Gasteiger partial charge is 0.505 e. The van der Waals surface area contributed by atoms with Crippen LogP contribution in [-0.2, 0) is 40.5 Å². The fraction of sp³-hybridized carbons (Fsp3) is 0. The Morgan fingerprint density at radius 3 is 1.36 bits per heavy atom. The molecule has 408 valence electrons. The fourth-order valence-electron chi connectivity index (χ4n) is 7.48. The summed E-state index contributed by atoms with van der Waals surface area (Å²) in [6.07, 6.45) is 2.76. The summed E-state index contributed by atoms with van der Waals surface area (Å²) < 4.78 is 138. The monoisotopic (exact) mass is 1170 g/mol. The minimum atomic E-state index is -5.31. The molecule has 8 aromatic carbocycles. The van der Waals surface area contributed by atoms with E-state index >= 15 is 0 Å². The Morgan fingerprint density at radius 1 is 0.412 bits per heavy atom. The summed E-state index contributed by atoms with van der Waals surface area (Å²) >= 11 is 0. The van der Waals surface area contributed by atoms with Crippen molar-refractivity contribution < 1.29 is 71.9 Å². The number of benzene rings is 8. The standard InChI is InChI=1S/C46H32N12O18S4/c47-31-12-17-33(51-53-35-14-9-27(57(61)62)20-39(35)78(68,69)70)29-11-16-37(45(59)42(29)31)55-49-25-6-2-23(3-7-25)1-4-24-5-8-26(19-38(24)77(65,66)67)50-56-44-41(80(74,75)76)22-30-34(18-13-32(48)43(30)46(44)60)52-54-36-15-10-28(58(63)64)21-40(36)79(71,72)73/h1-22,59-60H,47-48H2,(H,65,66,67)(H,68,69,70)(H,71,72,73)(H,74,75,76)/b4-1+,53-51?,54-52?,55-49?,56-50?. The van der Waals surface area contributed by atoms with Crippen molar-refractivity contribution in [2.75, 3.05) is 11.5 Å². The molecule has 0 saturated carbocycles. The van der Waals surface area contributed by atoms with Crippen LogP contribution in [-0.4, -0.2) is 71.9 Å². The number of nitro benzene ring substituents is 2. The SMILES string of the molecule is Nc1ccc(N=Nc2ccc([N+](=O)[O-])cc2S(=O)(=O)O)c2ccc(N=Nc3ccc(/C=C/c4ccc(N=Nc5c(S(=O)(=O)O)cc6c(N=Nc7ccc([N+](=O)[O-])cc7S(=O)(=O)O)ccc(N)c6c5O)cc4S(=O)(=O)O)cc3)c(O)c12. The van der Waals surface area contributed by atoms with E-state index in [-0.39, 0.29) is 66.9 Å². The van der Waals surface area contributed by atoms with Crippen LogP contribution in [0.25, 0.3) is 33.7 Å². The molecule has 0 saturated heterocycles. The number of rotatable bonds is 16. The molecule has 0 fully saturated rings. The lowest BCUT2D eigenvalue weighted by Gasteiger charge is -2.12. The predicted octanol–water partition coefficient (Wildman–Crippen LogP) is 11.2. The Hall–Kier alpha value is -9.94. The van der Waals surface area contributed by atoms with Gasteiger partial charge in [0.1, 0.15) is 42.3 Å². The summed E-state index contributed by atoms with van der Waals surface area (Å²) in [5.74, 6) is -1.44. The van der Waals surface area contributed by atoms with E-state index in [1.54, 1.807) is 12.1 Å². The topological polar surface area (TPSA) is 495 Å². The zero-order valence-electron chi connectivity index (χ0n) is 39.5. The van der Waals surface area contributed by atoms with Gasteiger partial charge in [0.15, 0.2) is 11.5 Å². The third-order valence-corrected chi connectivity index (χ3v) is 14.7. The van der Waals surface area contributed by atoms with Gasteiger partial charge in [0, 0.05) is 46.4 Å². The zero-order valence-corrected chi connectivity index (χ0v) is 42.8. The number of nitrogens with two attached hydrogens (primary N) is 2. The molecular weight excluding hydrogens is 1140 g/mol. The first-order chi connectivity index (χ1) is 37.5. The van der Waals surface area contributed by atoms with Gasteiger partial charge in [0.2, 0.25) is 0 Å². The molecule has 0 aliphatic rings. The van der Waals surface area contributed by atoms with Gasteiger partial charge >= 0.3 is 0 Å². The van der Waals surface area contributed by atoms with E-state index in [1.807, 2.05) is 0 Å². The average Bonchev–Trinajstić information content (AvgIpc) is 3.38. The van der Waals surface area contributed by atoms with E-state index in [0.717, 1.165) is 48.5 Å². The van der Waals surface area contributed by atoms with Crippen LogP contribution in [0.3, 0.4) is 0 Å². The molecule has 0 atom stereocenters. The Balaban J connectivity index is 1.03. The van der Waals surface area contributed by atoms with E-state index in [1.165, 1.54) is 60.7 Å². The first kappa shape index (κ1) is 56.3. The number of phenolic OH excluding ortho intramolecular Hbond substituents is 2. The minimum absolute atomic E-state index is 0.0512. The van der Waals surface area contributed by atoms with Crippen LogP contribution in [0.4, 0.5) is 68.2 Å². The molecule has 0 radical (unpaired) electrons. The maximum atomic E-state index is 12.7. The van der Waals surface area contributed by atoms with Gasteiger partial charge < -0.3 is 21.7 Å². The second-order valence-electron chi connectivity index (χ2n) is 16.4. The molecule has 0 aliphatic heterocycles. The van der Waals surface area contributed by atoms with Gasteiger partial charge in [0.25, 0.3) is 51.8 Å². The summed E-state index contributed by atoms with van der Waals surface area (Å²) in [6, 6.07) is 22.8. The molecule has 10 N–H and O–H groups in total. The van der Waals surface area contributed by atoms with Crippen LogP contribution < -0.4 is 11.5 Å². The molecule has 0 aliphatic carbocycles. The van der Waals surface area contributed by atoms with Gasteiger partial charge in [-0.15, -0.1) is 30.7 Å². The first-order valence-corrected chi connectivity index (χ1v) is 27.4. The van der Waals surface area contributed by atoms with Crippen LogP contribution >= 0.6 is 0 Å². The van der Waals surface area contributed by atoms with Crippen molar-refractivity contribution in [2.24, 2.45) is 40.9 Å². The summed E-state index contributed by atoms with van der Waals surface area (Å²) in [4.78, 5) is 16.9. The third-order valence-electron chi connectivity index (χ3n) is 11.2. The second-order valence-corrected chi connectivity index (χ2v) is 21.9. The maximum Gasteiger partial charge on any atom is 0.297 e. The Bertz CT molecular complexity index is 4600. The van der Waals surface area contributed by atoms with Gasteiger partial charge in [-0.25, -0.2) is 0 Å². The highest BCUT2D eigenvalue weighted by molar-refractivity contribution is 7.86. The molecule has 30 nitrogen and oxygen atoms in total. The van der Waals surface area contributed by atoms with Crippen molar-refractivity contribution in [1.29, 1.82) is 0 Å².